The fraction of sp³-hybridized carbons (Fsp3) is 0.333. The van der Waals surface area contributed by atoms with Gasteiger partial charge >= 0.3 is 6.18 Å². The van der Waals surface area contributed by atoms with Gasteiger partial charge in [-0.15, -0.1) is 0 Å². The van der Waals surface area contributed by atoms with E-state index in [1.165, 1.54) is 19.1 Å². The van der Waals surface area contributed by atoms with Crippen molar-refractivity contribution in [1.29, 1.82) is 21.2 Å². The highest BCUT2D eigenvalue weighted by Crippen LogP contribution is 2.69. The molecule has 4 rings (SSSR count). The molecule has 0 saturated carbocycles. The summed E-state index contributed by atoms with van der Waals surface area (Å²) in [4.78, 5) is 0. The van der Waals surface area contributed by atoms with Crippen LogP contribution in [0.4, 0.5) is 13.2 Å². The number of hydrogen-bond donors (Lipinski definition) is 1. The second-order valence-corrected chi connectivity index (χ2v) is 8.22. The lowest BCUT2D eigenvalue weighted by atomic mass is 9.53. The summed E-state index contributed by atoms with van der Waals surface area (Å²) >= 11 is 0. The maximum Gasteiger partial charge on any atom is 0.416 e. The van der Waals surface area contributed by atoms with Crippen molar-refractivity contribution in [2.75, 3.05) is 0 Å². The summed E-state index contributed by atoms with van der Waals surface area (Å²) in [6, 6.07) is 16.6. The van der Waals surface area contributed by atoms with Crippen LogP contribution in [-0.4, -0.2) is 5.90 Å². The van der Waals surface area contributed by atoms with Gasteiger partial charge in [-0.2, -0.15) is 29.0 Å². The van der Waals surface area contributed by atoms with E-state index in [9.17, 15) is 29.0 Å². The Bertz CT molecular complexity index is 1250. The third-order valence-electron chi connectivity index (χ3n) is 6.67. The Kier molecular flexibility index (Phi) is 4.78. The van der Waals surface area contributed by atoms with Gasteiger partial charge in [0.05, 0.1) is 29.7 Å². The number of nitrogens with one attached hydrogen (secondary N) is 1. The quantitative estimate of drug-likeness (QED) is 0.682. The van der Waals surface area contributed by atoms with E-state index < -0.39 is 51.8 Å². The lowest BCUT2D eigenvalue weighted by Crippen LogP contribution is -2.57. The first-order chi connectivity index (χ1) is 15.5. The van der Waals surface area contributed by atoms with E-state index >= 15 is 0 Å². The smallest absolute Gasteiger partial charge is 0.416 e. The number of halogens is 3. The number of alkyl halides is 3. The van der Waals surface area contributed by atoms with Crippen LogP contribution in [0.2, 0.25) is 0 Å². The lowest BCUT2D eigenvalue weighted by molar-refractivity contribution is -0.289. The number of fused-ring (bicyclic) bond motifs is 2. The van der Waals surface area contributed by atoms with Gasteiger partial charge in [0.15, 0.2) is 5.41 Å². The van der Waals surface area contributed by atoms with Gasteiger partial charge in [0.1, 0.15) is 6.10 Å². The first-order valence-corrected chi connectivity index (χ1v) is 9.97. The standard InChI is InChI=1S/C24H17F3N4O2/c1-14-7-9-16(10-8-14)23-15(2)22(13-30,20(31)33-23)21(11-28,12-29)19(32-23)17-5-3-4-6-18(17)24(25,26)27/h3-10,15,19,31H,1-2H3. The van der Waals surface area contributed by atoms with Crippen molar-refractivity contribution >= 4 is 5.90 Å². The Labute approximate surface area is 187 Å². The van der Waals surface area contributed by atoms with Crippen LogP contribution in [0.15, 0.2) is 48.5 Å². The largest absolute Gasteiger partial charge is 0.443 e. The fourth-order valence-electron chi connectivity index (χ4n) is 4.92. The van der Waals surface area contributed by atoms with Crippen LogP contribution in [0.25, 0.3) is 0 Å². The summed E-state index contributed by atoms with van der Waals surface area (Å²) in [5, 5.41) is 39.1. The van der Waals surface area contributed by atoms with Crippen molar-refractivity contribution in [3.8, 4) is 18.2 Å². The summed E-state index contributed by atoms with van der Waals surface area (Å²) < 4.78 is 53.7. The molecule has 0 aromatic heterocycles. The van der Waals surface area contributed by atoms with E-state index in [1.807, 2.05) is 13.0 Å². The number of rotatable bonds is 2. The minimum absolute atomic E-state index is 0.362. The third-order valence-corrected chi connectivity index (χ3v) is 6.67. The van der Waals surface area contributed by atoms with Gasteiger partial charge in [-0.3, -0.25) is 5.41 Å². The van der Waals surface area contributed by atoms with Crippen LogP contribution in [0.1, 0.15) is 35.3 Å². The van der Waals surface area contributed by atoms with Crippen molar-refractivity contribution in [2.24, 2.45) is 16.7 Å². The van der Waals surface area contributed by atoms with Crippen LogP contribution >= 0.6 is 0 Å². The molecular weight excluding hydrogens is 433 g/mol. The Hall–Kier alpha value is -3.87. The average Bonchev–Trinajstić information content (AvgIpc) is 2.95. The molecule has 2 aromatic carbocycles. The molecule has 0 amide bonds. The summed E-state index contributed by atoms with van der Waals surface area (Å²) in [6.07, 6.45) is -6.64. The van der Waals surface area contributed by atoms with Gasteiger partial charge < -0.3 is 9.47 Å². The first-order valence-electron chi connectivity index (χ1n) is 9.97. The van der Waals surface area contributed by atoms with Gasteiger partial charge in [0, 0.05) is 5.56 Å². The maximum absolute atomic E-state index is 13.9. The molecule has 9 heteroatoms. The average molecular weight is 450 g/mol. The molecule has 0 spiro atoms. The minimum atomic E-state index is -4.82. The molecule has 33 heavy (non-hydrogen) atoms. The molecule has 4 atom stereocenters. The molecule has 2 fully saturated rings. The number of nitriles is 3. The van der Waals surface area contributed by atoms with Crippen LogP contribution < -0.4 is 0 Å². The molecular formula is C24H17F3N4O2. The van der Waals surface area contributed by atoms with Crippen molar-refractivity contribution in [3.05, 3.63) is 70.8 Å². The molecule has 2 aliphatic rings. The third kappa shape index (κ3) is 2.65. The normalized spacial score (nSPS) is 29.9. The Morgan fingerprint density at radius 2 is 1.58 bits per heavy atom. The SMILES string of the molecule is Cc1ccc(C23OC(=N)C(C#N)(C2C)C(C#N)(C#N)C(c2ccccc2C(F)(F)F)O3)cc1. The predicted octanol–water partition coefficient (Wildman–Crippen LogP) is 5.13. The van der Waals surface area contributed by atoms with Gasteiger partial charge in [0.25, 0.3) is 0 Å². The molecule has 2 heterocycles. The molecule has 2 aromatic rings. The van der Waals surface area contributed by atoms with Crippen molar-refractivity contribution < 1.29 is 22.6 Å². The second kappa shape index (κ2) is 7.07. The zero-order chi connectivity index (χ0) is 24.2. The van der Waals surface area contributed by atoms with Crippen LogP contribution in [0, 0.1) is 63.1 Å². The van der Waals surface area contributed by atoms with E-state index in [2.05, 4.69) is 0 Å². The molecule has 2 bridgehead atoms. The lowest BCUT2D eigenvalue weighted by Gasteiger charge is -2.49. The molecule has 0 radical (unpaired) electrons. The fourth-order valence-corrected chi connectivity index (χ4v) is 4.92. The van der Waals surface area contributed by atoms with E-state index in [1.54, 1.807) is 36.4 Å². The Morgan fingerprint density at radius 3 is 2.12 bits per heavy atom. The zero-order valence-electron chi connectivity index (χ0n) is 17.6. The summed E-state index contributed by atoms with van der Waals surface area (Å²) in [5.41, 5.74) is -4.98. The van der Waals surface area contributed by atoms with E-state index in [0.29, 0.717) is 5.56 Å². The van der Waals surface area contributed by atoms with Crippen LogP contribution in [0.5, 0.6) is 0 Å². The monoisotopic (exact) mass is 450 g/mol. The zero-order valence-corrected chi connectivity index (χ0v) is 17.6. The van der Waals surface area contributed by atoms with Crippen molar-refractivity contribution in [2.45, 2.75) is 31.9 Å². The predicted molar refractivity (Wildman–Crippen MR) is 108 cm³/mol. The van der Waals surface area contributed by atoms with E-state index in [4.69, 9.17) is 14.9 Å². The van der Waals surface area contributed by atoms with Gasteiger partial charge in [0.2, 0.25) is 17.1 Å². The van der Waals surface area contributed by atoms with Crippen LogP contribution in [-0.2, 0) is 21.4 Å². The molecule has 2 aliphatic heterocycles. The highest BCUT2D eigenvalue weighted by molar-refractivity contribution is 5.89. The minimum Gasteiger partial charge on any atom is -0.443 e. The van der Waals surface area contributed by atoms with E-state index in [0.717, 1.165) is 17.7 Å². The summed E-state index contributed by atoms with van der Waals surface area (Å²) in [7, 11) is 0. The van der Waals surface area contributed by atoms with E-state index in [-0.39, 0.29) is 0 Å². The molecule has 6 nitrogen and oxygen atoms in total. The number of benzene rings is 2. The highest BCUT2D eigenvalue weighted by atomic mass is 19.4. The molecule has 2 saturated heterocycles. The van der Waals surface area contributed by atoms with Crippen LogP contribution in [0.3, 0.4) is 0 Å². The molecule has 166 valence electrons. The summed E-state index contributed by atoms with van der Waals surface area (Å²) in [6.45, 7) is 3.34. The Morgan fingerprint density at radius 1 is 0.970 bits per heavy atom. The van der Waals surface area contributed by atoms with Crippen molar-refractivity contribution in [3.63, 3.8) is 0 Å². The maximum atomic E-state index is 13.9. The summed E-state index contributed by atoms with van der Waals surface area (Å²) in [5.74, 6) is -3.59. The first kappa shape index (κ1) is 22.3. The number of ether oxygens (including phenoxy) is 2. The molecule has 0 aliphatic carbocycles. The van der Waals surface area contributed by atoms with Gasteiger partial charge in [-0.25, -0.2) is 0 Å². The number of nitrogens with zero attached hydrogens (tertiary/aromatic N) is 3. The van der Waals surface area contributed by atoms with Gasteiger partial charge in [-0.05, 0) is 18.6 Å². The Balaban J connectivity index is 2.08. The highest BCUT2D eigenvalue weighted by Gasteiger charge is 2.80. The number of aryl methyl sites for hydroxylation is 1. The molecule has 1 N–H and O–H groups in total. The second-order valence-electron chi connectivity index (χ2n) is 8.22. The molecule has 4 unspecified atom stereocenters. The topological polar surface area (TPSA) is 114 Å². The number of hydrogen-bond acceptors (Lipinski definition) is 6. The van der Waals surface area contributed by atoms with Gasteiger partial charge in [-0.1, -0.05) is 55.0 Å². The van der Waals surface area contributed by atoms with Crippen molar-refractivity contribution in [1.82, 2.24) is 0 Å².